The first-order valence-electron chi connectivity index (χ1n) is 4.72. The molecule has 0 saturated heterocycles. The summed E-state index contributed by atoms with van der Waals surface area (Å²) in [6, 6.07) is 10.7. The molecule has 0 fully saturated rings. The van der Waals surface area contributed by atoms with Crippen molar-refractivity contribution in [2.45, 2.75) is 6.92 Å². The number of hydrogen-bond donors (Lipinski definition) is 0. The predicted octanol–water partition coefficient (Wildman–Crippen LogP) is 4.49. The molecule has 1 heterocycles. The minimum absolute atomic E-state index is 0.405. The van der Waals surface area contributed by atoms with E-state index in [1.54, 1.807) is 24.3 Å². The molecule has 1 aromatic heterocycles. The van der Waals surface area contributed by atoms with Crippen LogP contribution in [0.1, 0.15) is 5.69 Å². The molecule has 0 aliphatic carbocycles. The highest BCUT2D eigenvalue weighted by molar-refractivity contribution is 6.32. The van der Waals surface area contributed by atoms with Crippen LogP contribution in [0.3, 0.4) is 0 Å². The summed E-state index contributed by atoms with van der Waals surface area (Å²) in [5.74, 6) is 1.23. The highest BCUT2D eigenvalue weighted by atomic mass is 35.5. The standard InChI is InChI=1S/C12H9Cl2NO/c1-8-6-9(7-12(14)15-8)16-11-5-3-2-4-10(11)13/h2-7H,1H3. The fourth-order valence-corrected chi connectivity index (χ4v) is 1.73. The van der Waals surface area contributed by atoms with Crippen LogP contribution in [0.2, 0.25) is 10.2 Å². The fourth-order valence-electron chi connectivity index (χ4n) is 1.31. The van der Waals surface area contributed by atoms with Gasteiger partial charge < -0.3 is 4.74 Å². The molecule has 0 aliphatic heterocycles. The van der Waals surface area contributed by atoms with E-state index < -0.39 is 0 Å². The van der Waals surface area contributed by atoms with E-state index in [-0.39, 0.29) is 0 Å². The molecule has 16 heavy (non-hydrogen) atoms. The zero-order valence-corrected chi connectivity index (χ0v) is 10.1. The van der Waals surface area contributed by atoms with Crippen molar-refractivity contribution >= 4 is 23.2 Å². The Hall–Kier alpha value is -1.25. The lowest BCUT2D eigenvalue weighted by Gasteiger charge is -2.07. The zero-order valence-electron chi connectivity index (χ0n) is 8.58. The van der Waals surface area contributed by atoms with Crippen molar-refractivity contribution in [1.29, 1.82) is 0 Å². The summed E-state index contributed by atoms with van der Waals surface area (Å²) in [6.07, 6.45) is 0. The van der Waals surface area contributed by atoms with Crippen LogP contribution in [-0.2, 0) is 0 Å². The van der Waals surface area contributed by atoms with Gasteiger partial charge in [-0.15, -0.1) is 0 Å². The maximum Gasteiger partial charge on any atom is 0.146 e. The minimum Gasteiger partial charge on any atom is -0.456 e. The van der Waals surface area contributed by atoms with E-state index in [9.17, 15) is 0 Å². The Morgan fingerprint density at radius 2 is 1.88 bits per heavy atom. The van der Waals surface area contributed by atoms with Crippen LogP contribution in [0, 0.1) is 6.92 Å². The van der Waals surface area contributed by atoms with E-state index in [0.717, 1.165) is 5.69 Å². The smallest absolute Gasteiger partial charge is 0.146 e. The average molecular weight is 254 g/mol. The number of hydrogen-bond acceptors (Lipinski definition) is 2. The van der Waals surface area contributed by atoms with Gasteiger partial charge in [0.1, 0.15) is 16.7 Å². The molecule has 0 spiro atoms. The van der Waals surface area contributed by atoms with Crippen molar-refractivity contribution in [2.24, 2.45) is 0 Å². The van der Waals surface area contributed by atoms with Crippen LogP contribution in [0.4, 0.5) is 0 Å². The van der Waals surface area contributed by atoms with Crippen molar-refractivity contribution in [1.82, 2.24) is 4.98 Å². The van der Waals surface area contributed by atoms with E-state index in [1.807, 2.05) is 19.1 Å². The molecule has 0 unspecified atom stereocenters. The van der Waals surface area contributed by atoms with Crippen LogP contribution in [-0.4, -0.2) is 4.98 Å². The van der Waals surface area contributed by atoms with Gasteiger partial charge in [-0.2, -0.15) is 0 Å². The van der Waals surface area contributed by atoms with Crippen molar-refractivity contribution in [3.63, 3.8) is 0 Å². The molecule has 82 valence electrons. The van der Waals surface area contributed by atoms with Crippen molar-refractivity contribution in [3.05, 3.63) is 52.3 Å². The van der Waals surface area contributed by atoms with Gasteiger partial charge in [0.05, 0.1) is 5.02 Å². The fraction of sp³-hybridized carbons (Fsp3) is 0.0833. The average Bonchev–Trinajstić information content (AvgIpc) is 2.20. The topological polar surface area (TPSA) is 22.1 Å². The normalized spacial score (nSPS) is 10.2. The summed E-state index contributed by atoms with van der Waals surface area (Å²) in [5.41, 5.74) is 0.801. The van der Waals surface area contributed by atoms with Gasteiger partial charge in [0, 0.05) is 17.8 Å². The van der Waals surface area contributed by atoms with Gasteiger partial charge in [0.15, 0.2) is 0 Å². The Balaban J connectivity index is 2.30. The number of pyridine rings is 1. The minimum atomic E-state index is 0.405. The van der Waals surface area contributed by atoms with Crippen LogP contribution < -0.4 is 4.74 Å². The Labute approximate surface area is 104 Å². The van der Waals surface area contributed by atoms with Crippen molar-refractivity contribution in [2.75, 3.05) is 0 Å². The third-order valence-corrected chi connectivity index (χ3v) is 2.47. The number of halogens is 2. The lowest BCUT2D eigenvalue weighted by atomic mass is 10.3. The largest absolute Gasteiger partial charge is 0.456 e. The van der Waals surface area contributed by atoms with Crippen LogP contribution in [0.5, 0.6) is 11.5 Å². The first-order chi connectivity index (χ1) is 7.65. The van der Waals surface area contributed by atoms with Gasteiger partial charge in [-0.3, -0.25) is 0 Å². The van der Waals surface area contributed by atoms with E-state index in [2.05, 4.69) is 4.98 Å². The number of nitrogens with zero attached hydrogens (tertiary/aromatic N) is 1. The maximum atomic E-state index is 5.98. The summed E-state index contributed by atoms with van der Waals surface area (Å²) in [7, 11) is 0. The third kappa shape index (κ3) is 2.65. The lowest BCUT2D eigenvalue weighted by molar-refractivity contribution is 0.481. The van der Waals surface area contributed by atoms with Crippen LogP contribution in [0.15, 0.2) is 36.4 Å². The summed E-state index contributed by atoms with van der Waals surface area (Å²) >= 11 is 11.8. The SMILES string of the molecule is Cc1cc(Oc2ccccc2Cl)cc(Cl)n1. The molecule has 0 atom stereocenters. The quantitative estimate of drug-likeness (QED) is 0.736. The molecule has 2 nitrogen and oxygen atoms in total. The van der Waals surface area contributed by atoms with E-state index >= 15 is 0 Å². The second-order valence-electron chi connectivity index (χ2n) is 3.30. The summed E-state index contributed by atoms with van der Waals surface area (Å²) in [5, 5.41) is 0.968. The first kappa shape index (κ1) is 11.2. The van der Waals surface area contributed by atoms with Crippen molar-refractivity contribution in [3.8, 4) is 11.5 Å². The molecule has 0 bridgehead atoms. The number of ether oxygens (including phenoxy) is 1. The van der Waals surface area contributed by atoms with Gasteiger partial charge in [-0.05, 0) is 19.1 Å². The Bertz CT molecular complexity index is 494. The summed E-state index contributed by atoms with van der Waals surface area (Å²) in [4.78, 5) is 4.05. The molecule has 0 saturated carbocycles. The third-order valence-electron chi connectivity index (χ3n) is 1.96. The molecule has 0 N–H and O–H groups in total. The Morgan fingerprint density at radius 3 is 2.56 bits per heavy atom. The van der Waals surface area contributed by atoms with E-state index in [0.29, 0.717) is 21.7 Å². The highest BCUT2D eigenvalue weighted by Gasteiger charge is 2.03. The van der Waals surface area contributed by atoms with E-state index in [4.69, 9.17) is 27.9 Å². The number of rotatable bonds is 2. The lowest BCUT2D eigenvalue weighted by Crippen LogP contribution is -1.88. The van der Waals surface area contributed by atoms with Crippen LogP contribution >= 0.6 is 23.2 Å². The predicted molar refractivity (Wildman–Crippen MR) is 65.5 cm³/mol. The number of benzene rings is 1. The Kier molecular flexibility index (Phi) is 3.32. The van der Waals surface area contributed by atoms with Gasteiger partial charge in [0.2, 0.25) is 0 Å². The van der Waals surface area contributed by atoms with Crippen LogP contribution in [0.25, 0.3) is 0 Å². The summed E-state index contributed by atoms with van der Waals surface area (Å²) in [6.45, 7) is 1.85. The molecular formula is C12H9Cl2NO. The molecule has 0 radical (unpaired) electrons. The van der Waals surface area contributed by atoms with Gasteiger partial charge in [-0.1, -0.05) is 35.3 Å². The van der Waals surface area contributed by atoms with Gasteiger partial charge in [0.25, 0.3) is 0 Å². The van der Waals surface area contributed by atoms with E-state index in [1.165, 1.54) is 0 Å². The van der Waals surface area contributed by atoms with Gasteiger partial charge >= 0.3 is 0 Å². The highest BCUT2D eigenvalue weighted by Crippen LogP contribution is 2.29. The molecule has 0 amide bonds. The first-order valence-corrected chi connectivity index (χ1v) is 5.47. The molecule has 4 heteroatoms. The molecule has 0 aliphatic rings. The molecule has 1 aromatic carbocycles. The molecule has 2 aromatic rings. The number of aromatic nitrogens is 1. The Morgan fingerprint density at radius 1 is 1.12 bits per heavy atom. The number of para-hydroxylation sites is 1. The summed E-state index contributed by atoms with van der Waals surface area (Å²) < 4.78 is 5.61. The maximum absolute atomic E-state index is 5.98. The van der Waals surface area contributed by atoms with Gasteiger partial charge in [-0.25, -0.2) is 4.98 Å². The molecular weight excluding hydrogens is 245 g/mol. The zero-order chi connectivity index (χ0) is 11.5. The number of aryl methyl sites for hydroxylation is 1. The van der Waals surface area contributed by atoms with Crippen molar-refractivity contribution < 1.29 is 4.74 Å². The molecule has 2 rings (SSSR count). The second kappa shape index (κ2) is 4.73. The monoisotopic (exact) mass is 253 g/mol. The second-order valence-corrected chi connectivity index (χ2v) is 4.09.